The molecule has 1 atom stereocenters. The molecule has 0 saturated heterocycles. The number of aliphatic hydroxyl groups is 1. The second kappa shape index (κ2) is 4.87. The molecule has 2 nitrogen and oxygen atoms in total. The van der Waals surface area contributed by atoms with Gasteiger partial charge >= 0.3 is 0 Å². The normalized spacial score (nSPS) is 14.9. The number of hydrogen-bond acceptors (Lipinski definition) is 2. The molecule has 98 valence electrons. The first kappa shape index (κ1) is 12.5. The highest BCUT2D eigenvalue weighted by molar-refractivity contribution is 6.31. The summed E-state index contributed by atoms with van der Waals surface area (Å²) in [5, 5.41) is 11.1. The highest BCUT2D eigenvalue weighted by atomic mass is 35.5. The highest BCUT2D eigenvalue weighted by Gasteiger charge is 2.23. The van der Waals surface area contributed by atoms with Gasteiger partial charge in [-0.3, -0.25) is 0 Å². The van der Waals surface area contributed by atoms with Crippen molar-refractivity contribution in [3.63, 3.8) is 0 Å². The van der Waals surface area contributed by atoms with Gasteiger partial charge in [0.1, 0.15) is 11.9 Å². The van der Waals surface area contributed by atoms with Crippen LogP contribution in [0.2, 0.25) is 5.02 Å². The number of aliphatic hydroxyl groups excluding tert-OH is 1. The van der Waals surface area contributed by atoms with Crippen molar-refractivity contribution < 1.29 is 9.84 Å². The summed E-state index contributed by atoms with van der Waals surface area (Å²) in [6, 6.07) is 11.6. The molecule has 2 aromatic rings. The molecule has 0 radical (unpaired) electrons. The molecule has 1 aliphatic heterocycles. The Morgan fingerprint density at radius 3 is 2.84 bits per heavy atom. The van der Waals surface area contributed by atoms with Gasteiger partial charge in [-0.15, -0.1) is 0 Å². The molecule has 3 heteroatoms. The summed E-state index contributed by atoms with van der Waals surface area (Å²) >= 11 is 6.22. The maximum absolute atomic E-state index is 10.6. The van der Waals surface area contributed by atoms with Crippen LogP contribution in [-0.2, 0) is 6.42 Å². The Morgan fingerprint density at radius 1 is 1.21 bits per heavy atom. The Kier molecular flexibility index (Phi) is 3.21. The Morgan fingerprint density at radius 2 is 2.05 bits per heavy atom. The Bertz CT molecular complexity index is 622. The average Bonchev–Trinajstić information content (AvgIpc) is 2.86. The fourth-order valence-electron chi connectivity index (χ4n) is 2.48. The molecule has 3 rings (SSSR count). The molecule has 0 bridgehead atoms. The van der Waals surface area contributed by atoms with E-state index in [-0.39, 0.29) is 0 Å². The van der Waals surface area contributed by atoms with Gasteiger partial charge in [-0.1, -0.05) is 41.9 Å². The van der Waals surface area contributed by atoms with E-state index in [0.29, 0.717) is 11.6 Å². The fourth-order valence-corrected chi connectivity index (χ4v) is 2.82. The van der Waals surface area contributed by atoms with Crippen LogP contribution in [0.25, 0.3) is 0 Å². The highest BCUT2D eigenvalue weighted by Crippen LogP contribution is 2.38. The number of fused-ring (bicyclic) bond motifs is 1. The first-order valence-corrected chi connectivity index (χ1v) is 6.73. The Labute approximate surface area is 117 Å². The van der Waals surface area contributed by atoms with Crippen LogP contribution in [0.4, 0.5) is 0 Å². The molecule has 1 aliphatic rings. The molecular weight excluding hydrogens is 260 g/mol. The summed E-state index contributed by atoms with van der Waals surface area (Å²) in [5.74, 6) is 0.812. The van der Waals surface area contributed by atoms with E-state index in [9.17, 15) is 5.11 Å². The quantitative estimate of drug-likeness (QED) is 0.905. The smallest absolute Gasteiger partial charge is 0.128 e. The van der Waals surface area contributed by atoms with Crippen LogP contribution in [-0.4, -0.2) is 11.7 Å². The standard InChI is InChI=1S/C16H15ClO2/c1-10-5-6-12(14(17)9-10)15(18)13-4-2-3-11-7-8-19-16(11)13/h2-6,9,15,18H,7-8H2,1H3. The number of aryl methyl sites for hydroxylation is 1. The van der Waals surface area contributed by atoms with Crippen molar-refractivity contribution in [1.29, 1.82) is 0 Å². The van der Waals surface area contributed by atoms with Crippen molar-refractivity contribution in [2.45, 2.75) is 19.4 Å². The molecule has 0 amide bonds. The van der Waals surface area contributed by atoms with Crippen LogP contribution in [0.3, 0.4) is 0 Å². The number of para-hydroxylation sites is 1. The van der Waals surface area contributed by atoms with Gasteiger partial charge in [0, 0.05) is 22.6 Å². The lowest BCUT2D eigenvalue weighted by molar-refractivity contribution is 0.214. The first-order valence-electron chi connectivity index (χ1n) is 6.35. The monoisotopic (exact) mass is 274 g/mol. The topological polar surface area (TPSA) is 29.5 Å². The molecule has 1 unspecified atom stereocenters. The molecule has 0 aromatic heterocycles. The average molecular weight is 275 g/mol. The van der Waals surface area contributed by atoms with Crippen LogP contribution in [0.1, 0.15) is 28.4 Å². The molecule has 2 aromatic carbocycles. The van der Waals surface area contributed by atoms with Gasteiger partial charge in [0.25, 0.3) is 0 Å². The zero-order valence-electron chi connectivity index (χ0n) is 10.7. The predicted molar refractivity (Wildman–Crippen MR) is 75.9 cm³/mol. The summed E-state index contributed by atoms with van der Waals surface area (Å²) in [6.45, 7) is 2.66. The lowest BCUT2D eigenvalue weighted by atomic mass is 9.97. The summed E-state index contributed by atoms with van der Waals surface area (Å²) in [6.07, 6.45) is 0.151. The molecule has 1 N–H and O–H groups in total. The maximum Gasteiger partial charge on any atom is 0.128 e. The summed E-state index contributed by atoms with van der Waals surface area (Å²) in [5.41, 5.74) is 3.74. The second-order valence-corrected chi connectivity index (χ2v) is 5.27. The van der Waals surface area contributed by atoms with Crippen molar-refractivity contribution in [2.75, 3.05) is 6.61 Å². The van der Waals surface area contributed by atoms with E-state index in [4.69, 9.17) is 16.3 Å². The fraction of sp³-hybridized carbons (Fsp3) is 0.250. The van der Waals surface area contributed by atoms with Crippen molar-refractivity contribution in [3.8, 4) is 5.75 Å². The van der Waals surface area contributed by atoms with Gasteiger partial charge in [0.2, 0.25) is 0 Å². The van der Waals surface area contributed by atoms with Crippen molar-refractivity contribution >= 4 is 11.6 Å². The largest absolute Gasteiger partial charge is 0.493 e. The van der Waals surface area contributed by atoms with Gasteiger partial charge in [-0.2, -0.15) is 0 Å². The van der Waals surface area contributed by atoms with Gasteiger partial charge in [-0.25, -0.2) is 0 Å². The van der Waals surface area contributed by atoms with Gasteiger partial charge in [0.05, 0.1) is 6.61 Å². The molecule has 0 spiro atoms. The Balaban J connectivity index is 2.05. The number of halogens is 1. The van der Waals surface area contributed by atoms with E-state index >= 15 is 0 Å². The van der Waals surface area contributed by atoms with Crippen molar-refractivity contribution in [1.82, 2.24) is 0 Å². The third kappa shape index (κ3) is 2.22. The van der Waals surface area contributed by atoms with Gasteiger partial charge < -0.3 is 9.84 Å². The second-order valence-electron chi connectivity index (χ2n) is 4.86. The molecule has 19 heavy (non-hydrogen) atoms. The van der Waals surface area contributed by atoms with E-state index in [1.54, 1.807) is 0 Å². The zero-order chi connectivity index (χ0) is 13.4. The summed E-state index contributed by atoms with van der Waals surface area (Å²) in [7, 11) is 0. The van der Waals surface area contributed by atoms with E-state index in [1.165, 1.54) is 0 Å². The molecule has 0 fully saturated rings. The van der Waals surface area contributed by atoms with E-state index < -0.39 is 6.10 Å². The minimum absolute atomic E-state index is 0.586. The minimum Gasteiger partial charge on any atom is -0.493 e. The third-order valence-corrected chi connectivity index (χ3v) is 3.82. The number of rotatable bonds is 2. The molecule has 0 aliphatic carbocycles. The van der Waals surface area contributed by atoms with E-state index in [1.807, 2.05) is 43.3 Å². The molecular formula is C16H15ClO2. The third-order valence-electron chi connectivity index (χ3n) is 3.49. The molecule has 0 saturated carbocycles. The van der Waals surface area contributed by atoms with E-state index in [0.717, 1.165) is 34.4 Å². The van der Waals surface area contributed by atoms with Crippen molar-refractivity contribution in [2.24, 2.45) is 0 Å². The number of hydrogen-bond donors (Lipinski definition) is 1. The maximum atomic E-state index is 10.6. The van der Waals surface area contributed by atoms with Gasteiger partial charge in [0.15, 0.2) is 0 Å². The number of benzene rings is 2. The van der Waals surface area contributed by atoms with Crippen molar-refractivity contribution in [3.05, 3.63) is 63.7 Å². The SMILES string of the molecule is Cc1ccc(C(O)c2cccc3c2OCC3)c(Cl)c1. The lowest BCUT2D eigenvalue weighted by Gasteiger charge is -2.16. The molecule has 1 heterocycles. The zero-order valence-corrected chi connectivity index (χ0v) is 11.4. The minimum atomic E-state index is -0.749. The van der Waals surface area contributed by atoms with Crippen LogP contribution in [0, 0.1) is 6.92 Å². The van der Waals surface area contributed by atoms with Gasteiger partial charge in [-0.05, 0) is 24.1 Å². The number of ether oxygens (including phenoxy) is 1. The lowest BCUT2D eigenvalue weighted by Crippen LogP contribution is -2.03. The first-order chi connectivity index (χ1) is 9.16. The van der Waals surface area contributed by atoms with Crippen LogP contribution in [0.5, 0.6) is 5.75 Å². The predicted octanol–water partition coefficient (Wildman–Crippen LogP) is 3.67. The Hall–Kier alpha value is -1.51. The van der Waals surface area contributed by atoms with E-state index in [2.05, 4.69) is 0 Å². The van der Waals surface area contributed by atoms with Crippen LogP contribution in [0.15, 0.2) is 36.4 Å². The van der Waals surface area contributed by atoms with Crippen LogP contribution < -0.4 is 4.74 Å². The summed E-state index contributed by atoms with van der Waals surface area (Å²) in [4.78, 5) is 0. The summed E-state index contributed by atoms with van der Waals surface area (Å²) < 4.78 is 5.63. The van der Waals surface area contributed by atoms with Crippen LogP contribution >= 0.6 is 11.6 Å².